The Balaban J connectivity index is 2.04. The van der Waals surface area contributed by atoms with Gasteiger partial charge in [-0.2, -0.15) is 5.26 Å². The fourth-order valence-corrected chi connectivity index (χ4v) is 1.89. The smallest absolute Gasteiger partial charge is 0.164 e. The monoisotopic (exact) mass is 183 g/mol. The molecule has 2 saturated heterocycles. The Hall–Kier alpha value is -0.630. The highest BCUT2D eigenvalue weighted by Crippen LogP contribution is 2.35. The van der Waals surface area contributed by atoms with Crippen molar-refractivity contribution in [3.8, 4) is 6.07 Å². The molecular weight excluding hydrogens is 170 g/mol. The molecule has 0 aromatic rings. The Morgan fingerprint density at radius 1 is 1.46 bits per heavy atom. The summed E-state index contributed by atoms with van der Waals surface area (Å²) in [5.74, 6) is -0.521. The van der Waals surface area contributed by atoms with Gasteiger partial charge < -0.3 is 14.2 Å². The lowest BCUT2D eigenvalue weighted by Gasteiger charge is -2.20. The van der Waals surface area contributed by atoms with Gasteiger partial charge in [0, 0.05) is 0 Å². The molecule has 3 atom stereocenters. The van der Waals surface area contributed by atoms with Gasteiger partial charge in [0.1, 0.15) is 12.2 Å². The van der Waals surface area contributed by atoms with Gasteiger partial charge in [0.2, 0.25) is 0 Å². The van der Waals surface area contributed by atoms with E-state index in [1.165, 1.54) is 0 Å². The minimum absolute atomic E-state index is 0.00773. The van der Waals surface area contributed by atoms with E-state index in [4.69, 9.17) is 19.5 Å². The van der Waals surface area contributed by atoms with Gasteiger partial charge in [-0.05, 0) is 13.8 Å². The second-order valence-corrected chi connectivity index (χ2v) is 3.87. The standard InChI is InChI=1S/C9H13NO3/c1-9(2)12-7-5-11-6(3-4-10)8(7)13-9/h6-8H,3,5H2,1-2H3. The summed E-state index contributed by atoms with van der Waals surface area (Å²) in [7, 11) is 0. The minimum Gasteiger partial charge on any atom is -0.372 e. The lowest BCUT2D eigenvalue weighted by atomic mass is 10.1. The highest BCUT2D eigenvalue weighted by Gasteiger charge is 2.49. The largest absolute Gasteiger partial charge is 0.372 e. The maximum atomic E-state index is 8.55. The summed E-state index contributed by atoms with van der Waals surface area (Å²) in [5.41, 5.74) is 0. The highest BCUT2D eigenvalue weighted by atomic mass is 16.8. The van der Waals surface area contributed by atoms with Crippen LogP contribution in [0.2, 0.25) is 0 Å². The van der Waals surface area contributed by atoms with E-state index in [-0.39, 0.29) is 18.3 Å². The van der Waals surface area contributed by atoms with Gasteiger partial charge in [0.15, 0.2) is 5.79 Å². The molecule has 2 rings (SSSR count). The van der Waals surface area contributed by atoms with Gasteiger partial charge in [0.25, 0.3) is 0 Å². The van der Waals surface area contributed by atoms with Crippen LogP contribution in [-0.4, -0.2) is 30.7 Å². The van der Waals surface area contributed by atoms with Crippen molar-refractivity contribution in [2.45, 2.75) is 44.4 Å². The molecule has 0 bridgehead atoms. The molecule has 2 heterocycles. The lowest BCUT2D eigenvalue weighted by molar-refractivity contribution is -0.174. The fraction of sp³-hybridized carbons (Fsp3) is 0.889. The molecule has 0 radical (unpaired) electrons. The third-order valence-corrected chi connectivity index (χ3v) is 2.35. The first-order valence-corrected chi connectivity index (χ1v) is 4.46. The zero-order valence-corrected chi connectivity index (χ0v) is 7.82. The summed E-state index contributed by atoms with van der Waals surface area (Å²) in [6.07, 6.45) is 0.209. The van der Waals surface area contributed by atoms with Crippen LogP contribution >= 0.6 is 0 Å². The van der Waals surface area contributed by atoms with Gasteiger partial charge >= 0.3 is 0 Å². The van der Waals surface area contributed by atoms with E-state index in [1.54, 1.807) is 0 Å². The van der Waals surface area contributed by atoms with E-state index in [9.17, 15) is 0 Å². The molecule has 3 unspecified atom stereocenters. The second kappa shape index (κ2) is 2.95. The molecule has 0 aromatic carbocycles. The zero-order valence-electron chi connectivity index (χ0n) is 7.82. The third-order valence-electron chi connectivity index (χ3n) is 2.35. The number of fused-ring (bicyclic) bond motifs is 1. The number of ether oxygens (including phenoxy) is 3. The molecule has 13 heavy (non-hydrogen) atoms. The summed E-state index contributed by atoms with van der Waals surface area (Å²) >= 11 is 0. The number of nitrogens with zero attached hydrogens (tertiary/aromatic N) is 1. The molecule has 2 aliphatic heterocycles. The molecule has 0 saturated carbocycles. The van der Waals surface area contributed by atoms with Crippen molar-refractivity contribution in [1.29, 1.82) is 5.26 Å². The molecule has 0 spiro atoms. The van der Waals surface area contributed by atoms with E-state index >= 15 is 0 Å². The normalized spacial score (nSPS) is 41.5. The topological polar surface area (TPSA) is 51.5 Å². The molecule has 4 nitrogen and oxygen atoms in total. The molecule has 4 heteroatoms. The van der Waals surface area contributed by atoms with Crippen molar-refractivity contribution >= 4 is 0 Å². The second-order valence-electron chi connectivity index (χ2n) is 3.87. The minimum atomic E-state index is -0.521. The summed E-state index contributed by atoms with van der Waals surface area (Å²) < 4.78 is 16.6. The van der Waals surface area contributed by atoms with Crippen molar-refractivity contribution in [1.82, 2.24) is 0 Å². The molecule has 2 aliphatic rings. The molecule has 0 amide bonds. The Kier molecular flexibility index (Phi) is 2.03. The van der Waals surface area contributed by atoms with Crippen LogP contribution in [0.5, 0.6) is 0 Å². The van der Waals surface area contributed by atoms with Crippen molar-refractivity contribution < 1.29 is 14.2 Å². The Labute approximate surface area is 77.4 Å². The van der Waals surface area contributed by atoms with Gasteiger partial charge in [-0.1, -0.05) is 0 Å². The highest BCUT2D eigenvalue weighted by molar-refractivity contribution is 4.95. The average Bonchev–Trinajstić information content (AvgIpc) is 2.48. The van der Waals surface area contributed by atoms with E-state index < -0.39 is 5.79 Å². The predicted octanol–water partition coefficient (Wildman–Crippen LogP) is 0.819. The van der Waals surface area contributed by atoms with Crippen LogP contribution in [-0.2, 0) is 14.2 Å². The van der Waals surface area contributed by atoms with Crippen LogP contribution in [0.15, 0.2) is 0 Å². The SMILES string of the molecule is CC1(C)OC2COC(CC#N)C2O1. The van der Waals surface area contributed by atoms with E-state index in [2.05, 4.69) is 6.07 Å². The summed E-state index contributed by atoms with van der Waals surface area (Å²) in [5, 5.41) is 8.55. The molecular formula is C9H13NO3. The maximum Gasteiger partial charge on any atom is 0.164 e. The Morgan fingerprint density at radius 3 is 2.92 bits per heavy atom. The lowest BCUT2D eigenvalue weighted by Crippen LogP contribution is -2.29. The van der Waals surface area contributed by atoms with Gasteiger partial charge in [0.05, 0.1) is 25.2 Å². The first kappa shape index (κ1) is 8.95. The van der Waals surface area contributed by atoms with Crippen LogP contribution in [0.25, 0.3) is 0 Å². The van der Waals surface area contributed by atoms with E-state index in [0.29, 0.717) is 13.0 Å². The summed E-state index contributed by atoms with van der Waals surface area (Å²) in [6, 6.07) is 2.09. The quantitative estimate of drug-likeness (QED) is 0.604. The van der Waals surface area contributed by atoms with Crippen LogP contribution in [0, 0.1) is 11.3 Å². The van der Waals surface area contributed by atoms with Gasteiger partial charge in [-0.25, -0.2) is 0 Å². The maximum absolute atomic E-state index is 8.55. The number of hydrogen-bond donors (Lipinski definition) is 0. The fourth-order valence-electron chi connectivity index (χ4n) is 1.89. The third kappa shape index (κ3) is 1.55. The average molecular weight is 183 g/mol. The van der Waals surface area contributed by atoms with Crippen LogP contribution in [0.4, 0.5) is 0 Å². The van der Waals surface area contributed by atoms with Crippen LogP contribution in [0.1, 0.15) is 20.3 Å². The first-order chi connectivity index (χ1) is 6.12. The van der Waals surface area contributed by atoms with E-state index in [0.717, 1.165) is 0 Å². The molecule has 0 N–H and O–H groups in total. The number of nitriles is 1. The van der Waals surface area contributed by atoms with Crippen LogP contribution in [0.3, 0.4) is 0 Å². The number of rotatable bonds is 1. The Morgan fingerprint density at radius 2 is 2.23 bits per heavy atom. The predicted molar refractivity (Wildman–Crippen MR) is 43.8 cm³/mol. The first-order valence-electron chi connectivity index (χ1n) is 4.46. The number of hydrogen-bond acceptors (Lipinski definition) is 4. The molecule has 0 aromatic heterocycles. The summed E-state index contributed by atoms with van der Waals surface area (Å²) in [6.45, 7) is 4.31. The van der Waals surface area contributed by atoms with Crippen LogP contribution < -0.4 is 0 Å². The van der Waals surface area contributed by atoms with Crippen molar-refractivity contribution in [2.75, 3.05) is 6.61 Å². The molecule has 72 valence electrons. The Bertz CT molecular complexity index is 246. The molecule has 0 aliphatic carbocycles. The van der Waals surface area contributed by atoms with Crippen molar-refractivity contribution in [2.24, 2.45) is 0 Å². The van der Waals surface area contributed by atoms with Gasteiger partial charge in [-0.3, -0.25) is 0 Å². The van der Waals surface area contributed by atoms with Crippen molar-refractivity contribution in [3.63, 3.8) is 0 Å². The van der Waals surface area contributed by atoms with E-state index in [1.807, 2.05) is 13.8 Å². The zero-order chi connectivity index (χ0) is 9.47. The summed E-state index contributed by atoms with van der Waals surface area (Å²) in [4.78, 5) is 0. The molecule has 2 fully saturated rings. The van der Waals surface area contributed by atoms with Gasteiger partial charge in [-0.15, -0.1) is 0 Å². The van der Waals surface area contributed by atoms with Crippen molar-refractivity contribution in [3.05, 3.63) is 0 Å².